The Morgan fingerprint density at radius 1 is 1.21 bits per heavy atom. The third kappa shape index (κ3) is 2.41. The van der Waals surface area contributed by atoms with Gasteiger partial charge in [0.05, 0.1) is 16.4 Å². The molecule has 1 aliphatic heterocycles. The highest BCUT2D eigenvalue weighted by Gasteiger charge is 2.20. The Morgan fingerprint density at radius 2 is 2.05 bits per heavy atom. The van der Waals surface area contributed by atoms with Crippen LogP contribution in [0, 0.1) is 0 Å². The van der Waals surface area contributed by atoms with Crippen molar-refractivity contribution in [1.82, 2.24) is 9.97 Å². The average Bonchev–Trinajstić information content (AvgIpc) is 2.47. The van der Waals surface area contributed by atoms with Crippen molar-refractivity contribution in [3.63, 3.8) is 0 Å². The first kappa shape index (κ1) is 12.4. The molecule has 0 bridgehead atoms. The van der Waals surface area contributed by atoms with E-state index in [2.05, 4.69) is 25.9 Å². The van der Waals surface area contributed by atoms with Crippen molar-refractivity contribution in [2.45, 2.75) is 6.10 Å². The molecule has 1 atom stereocenters. The van der Waals surface area contributed by atoms with E-state index in [9.17, 15) is 5.11 Å². The van der Waals surface area contributed by atoms with Gasteiger partial charge in [0, 0.05) is 12.4 Å². The molecule has 1 aliphatic rings. The van der Waals surface area contributed by atoms with Crippen LogP contribution in [0.15, 0.2) is 35.2 Å². The molecule has 0 saturated carbocycles. The van der Waals surface area contributed by atoms with Crippen LogP contribution in [-0.2, 0) is 0 Å². The van der Waals surface area contributed by atoms with Crippen molar-refractivity contribution < 1.29 is 14.6 Å². The average molecular weight is 323 g/mol. The molecule has 1 aromatic carbocycles. The van der Waals surface area contributed by atoms with Crippen LogP contribution >= 0.6 is 15.9 Å². The van der Waals surface area contributed by atoms with Crippen molar-refractivity contribution in [3.8, 4) is 11.5 Å². The van der Waals surface area contributed by atoms with Gasteiger partial charge in [0.1, 0.15) is 19.3 Å². The molecular formula is C13H11BrN2O3. The number of fused-ring (bicyclic) bond motifs is 1. The van der Waals surface area contributed by atoms with Crippen LogP contribution in [0.5, 0.6) is 11.5 Å². The second-order valence-corrected chi connectivity index (χ2v) is 4.91. The number of ether oxygens (including phenoxy) is 2. The third-order valence-electron chi connectivity index (χ3n) is 2.80. The Balaban J connectivity index is 1.99. The van der Waals surface area contributed by atoms with Crippen LogP contribution in [0.2, 0.25) is 0 Å². The number of aliphatic hydroxyl groups is 1. The summed E-state index contributed by atoms with van der Waals surface area (Å²) >= 11 is 3.42. The molecule has 0 saturated heterocycles. The minimum atomic E-state index is -0.846. The molecule has 0 fully saturated rings. The van der Waals surface area contributed by atoms with Crippen molar-refractivity contribution in [2.24, 2.45) is 0 Å². The molecule has 2 aromatic rings. The maximum atomic E-state index is 10.3. The van der Waals surface area contributed by atoms with Crippen molar-refractivity contribution in [1.29, 1.82) is 0 Å². The predicted molar refractivity (Wildman–Crippen MR) is 71.2 cm³/mol. The van der Waals surface area contributed by atoms with Gasteiger partial charge in [-0.1, -0.05) is 0 Å². The molecule has 5 nitrogen and oxygen atoms in total. The third-order valence-corrected chi connectivity index (χ3v) is 3.39. The second-order valence-electron chi connectivity index (χ2n) is 4.06. The van der Waals surface area contributed by atoms with Gasteiger partial charge in [0.25, 0.3) is 0 Å². The van der Waals surface area contributed by atoms with Crippen molar-refractivity contribution in [3.05, 3.63) is 46.5 Å². The first-order valence-corrected chi connectivity index (χ1v) is 6.58. The van der Waals surface area contributed by atoms with Crippen LogP contribution in [0.3, 0.4) is 0 Å². The summed E-state index contributed by atoms with van der Waals surface area (Å²) in [7, 11) is 0. The standard InChI is InChI=1S/C13H11BrN2O3/c14-9-5-8(6-11-13(9)19-4-3-18-11)12(17)10-7-15-1-2-16-10/h1-2,5-7,12,17H,3-4H2. The lowest BCUT2D eigenvalue weighted by molar-refractivity contribution is 0.168. The summed E-state index contributed by atoms with van der Waals surface area (Å²) in [6.07, 6.45) is 3.80. The fourth-order valence-corrected chi connectivity index (χ4v) is 2.49. The van der Waals surface area contributed by atoms with Gasteiger partial charge in [-0.25, -0.2) is 0 Å². The van der Waals surface area contributed by atoms with E-state index in [-0.39, 0.29) is 0 Å². The van der Waals surface area contributed by atoms with Gasteiger partial charge in [0.2, 0.25) is 0 Å². The van der Waals surface area contributed by atoms with Crippen LogP contribution in [0.4, 0.5) is 0 Å². The summed E-state index contributed by atoms with van der Waals surface area (Å²) in [4.78, 5) is 8.05. The van der Waals surface area contributed by atoms with E-state index in [1.165, 1.54) is 6.20 Å². The smallest absolute Gasteiger partial charge is 0.175 e. The van der Waals surface area contributed by atoms with Gasteiger partial charge in [-0.05, 0) is 33.6 Å². The molecule has 0 radical (unpaired) electrons. The van der Waals surface area contributed by atoms with Crippen LogP contribution < -0.4 is 9.47 Å². The van der Waals surface area contributed by atoms with Crippen LogP contribution in [-0.4, -0.2) is 28.3 Å². The van der Waals surface area contributed by atoms with E-state index < -0.39 is 6.10 Å². The normalized spacial score (nSPS) is 15.1. The highest BCUT2D eigenvalue weighted by molar-refractivity contribution is 9.10. The minimum Gasteiger partial charge on any atom is -0.486 e. The van der Waals surface area contributed by atoms with E-state index in [1.54, 1.807) is 24.5 Å². The number of aromatic nitrogens is 2. The largest absolute Gasteiger partial charge is 0.486 e. The fourth-order valence-electron chi connectivity index (χ4n) is 1.91. The lowest BCUT2D eigenvalue weighted by atomic mass is 10.1. The van der Waals surface area contributed by atoms with Crippen molar-refractivity contribution >= 4 is 15.9 Å². The molecule has 0 aliphatic carbocycles. The number of hydrogen-bond acceptors (Lipinski definition) is 5. The number of hydrogen-bond donors (Lipinski definition) is 1. The molecule has 3 rings (SSSR count). The van der Waals surface area contributed by atoms with E-state index in [4.69, 9.17) is 9.47 Å². The minimum absolute atomic E-state index is 0.492. The first-order chi connectivity index (χ1) is 9.25. The number of rotatable bonds is 2. The maximum absolute atomic E-state index is 10.3. The summed E-state index contributed by atoms with van der Waals surface area (Å²) in [5.74, 6) is 1.29. The van der Waals surface area contributed by atoms with Crippen LogP contribution in [0.25, 0.3) is 0 Å². The van der Waals surface area contributed by atoms with Gasteiger partial charge >= 0.3 is 0 Å². The lowest BCUT2D eigenvalue weighted by Crippen LogP contribution is -2.16. The molecule has 6 heteroatoms. The molecule has 1 N–H and O–H groups in total. The molecule has 98 valence electrons. The molecule has 1 unspecified atom stereocenters. The Labute approximate surface area is 118 Å². The Morgan fingerprint density at radius 3 is 2.84 bits per heavy atom. The van der Waals surface area contributed by atoms with Gasteiger partial charge in [-0.2, -0.15) is 0 Å². The summed E-state index contributed by atoms with van der Waals surface area (Å²) in [6.45, 7) is 1.03. The highest BCUT2D eigenvalue weighted by atomic mass is 79.9. The Hall–Kier alpha value is -1.66. The zero-order valence-electron chi connectivity index (χ0n) is 9.91. The Bertz CT molecular complexity index is 592. The molecule has 0 amide bonds. The number of benzene rings is 1. The molecule has 0 spiro atoms. The Kier molecular flexibility index (Phi) is 3.35. The molecule has 1 aromatic heterocycles. The zero-order valence-corrected chi connectivity index (χ0v) is 11.5. The molecule has 2 heterocycles. The number of halogens is 1. The van der Waals surface area contributed by atoms with Gasteiger partial charge in [0.15, 0.2) is 11.5 Å². The van der Waals surface area contributed by atoms with E-state index >= 15 is 0 Å². The molecule has 19 heavy (non-hydrogen) atoms. The van der Waals surface area contributed by atoms with Gasteiger partial charge < -0.3 is 14.6 Å². The quantitative estimate of drug-likeness (QED) is 0.917. The SMILES string of the molecule is OC(c1cc(Br)c2c(c1)OCCO2)c1cnccn1. The number of aliphatic hydroxyl groups excluding tert-OH is 1. The molecular weight excluding hydrogens is 312 g/mol. The number of nitrogens with zero attached hydrogens (tertiary/aromatic N) is 2. The second kappa shape index (κ2) is 5.14. The van der Waals surface area contributed by atoms with E-state index in [1.807, 2.05) is 0 Å². The van der Waals surface area contributed by atoms with Gasteiger partial charge in [-0.15, -0.1) is 0 Å². The van der Waals surface area contributed by atoms with Crippen molar-refractivity contribution in [2.75, 3.05) is 13.2 Å². The van der Waals surface area contributed by atoms with E-state index in [0.717, 1.165) is 4.47 Å². The van der Waals surface area contributed by atoms with Crippen LogP contribution in [0.1, 0.15) is 17.4 Å². The van der Waals surface area contributed by atoms with Gasteiger partial charge in [-0.3, -0.25) is 9.97 Å². The monoisotopic (exact) mass is 322 g/mol. The summed E-state index contributed by atoms with van der Waals surface area (Å²) in [5.41, 5.74) is 1.17. The lowest BCUT2D eigenvalue weighted by Gasteiger charge is -2.21. The topological polar surface area (TPSA) is 64.5 Å². The zero-order chi connectivity index (χ0) is 13.2. The first-order valence-electron chi connectivity index (χ1n) is 5.79. The highest BCUT2D eigenvalue weighted by Crippen LogP contribution is 2.40. The predicted octanol–water partition coefficient (Wildman–Crippen LogP) is 2.09. The fraction of sp³-hybridized carbons (Fsp3) is 0.231. The summed E-state index contributed by atoms with van der Waals surface area (Å²) < 4.78 is 11.8. The maximum Gasteiger partial charge on any atom is 0.175 e. The summed E-state index contributed by atoms with van der Waals surface area (Å²) in [6, 6.07) is 3.56. The summed E-state index contributed by atoms with van der Waals surface area (Å²) in [5, 5.41) is 10.3. The van der Waals surface area contributed by atoms with E-state index in [0.29, 0.717) is 36.0 Å².